The number of piperazine rings is 1. The predicted molar refractivity (Wildman–Crippen MR) is 75.6 cm³/mol. The second-order valence-corrected chi connectivity index (χ2v) is 8.56. The van der Waals surface area contributed by atoms with Crippen LogP contribution in [-0.2, 0) is 10.0 Å². The summed E-state index contributed by atoms with van der Waals surface area (Å²) in [5.74, 6) is 0. The Morgan fingerprint density at radius 1 is 1.11 bits per heavy atom. The van der Waals surface area contributed by atoms with Crippen LogP contribution in [0.2, 0.25) is 0 Å². The van der Waals surface area contributed by atoms with Gasteiger partial charge in [-0.15, -0.1) is 0 Å². The molecule has 2 saturated carbocycles. The summed E-state index contributed by atoms with van der Waals surface area (Å²) in [4.78, 5) is 2.44. The lowest BCUT2D eigenvalue weighted by Gasteiger charge is -2.35. The molecular formula is C13H25N3O2S. The number of sulfonamides is 1. The van der Waals surface area contributed by atoms with Crippen molar-refractivity contribution in [3.63, 3.8) is 0 Å². The van der Waals surface area contributed by atoms with E-state index < -0.39 is 10.0 Å². The Morgan fingerprint density at radius 2 is 1.74 bits per heavy atom. The third-order valence-electron chi connectivity index (χ3n) is 4.48. The van der Waals surface area contributed by atoms with Gasteiger partial charge in [0.05, 0.1) is 5.25 Å². The van der Waals surface area contributed by atoms with E-state index in [0.717, 1.165) is 19.1 Å². The molecule has 0 spiro atoms. The highest BCUT2D eigenvalue weighted by Crippen LogP contribution is 2.28. The first-order chi connectivity index (χ1) is 9.07. The van der Waals surface area contributed by atoms with E-state index >= 15 is 0 Å². The van der Waals surface area contributed by atoms with E-state index in [1.807, 2.05) is 6.92 Å². The molecule has 3 rings (SSSR count). The molecule has 1 heterocycles. The maximum Gasteiger partial charge on any atom is 0.218 e. The fraction of sp³-hybridized carbons (Fsp3) is 1.00. The molecule has 3 fully saturated rings. The van der Waals surface area contributed by atoms with Crippen molar-refractivity contribution in [1.82, 2.24) is 14.5 Å². The van der Waals surface area contributed by atoms with Gasteiger partial charge in [-0.2, -0.15) is 4.31 Å². The van der Waals surface area contributed by atoms with Crippen molar-refractivity contribution in [2.75, 3.05) is 32.7 Å². The molecule has 0 aromatic carbocycles. The quantitative estimate of drug-likeness (QED) is 0.760. The predicted octanol–water partition coefficient (Wildman–Crippen LogP) is 0.237. The minimum absolute atomic E-state index is 0.305. The monoisotopic (exact) mass is 287 g/mol. The largest absolute Gasteiger partial charge is 0.313 e. The Balaban J connectivity index is 1.50. The Bertz CT molecular complexity index is 410. The first-order valence-electron chi connectivity index (χ1n) is 7.54. The minimum atomic E-state index is -3.11. The van der Waals surface area contributed by atoms with E-state index in [1.54, 1.807) is 4.31 Å². The highest BCUT2D eigenvalue weighted by atomic mass is 32.2. The normalized spacial score (nSPS) is 28.5. The van der Waals surface area contributed by atoms with Crippen molar-refractivity contribution in [3.05, 3.63) is 0 Å². The van der Waals surface area contributed by atoms with Gasteiger partial charge in [0.2, 0.25) is 10.0 Å². The molecule has 1 unspecified atom stereocenters. The zero-order valence-corrected chi connectivity index (χ0v) is 12.5. The summed E-state index contributed by atoms with van der Waals surface area (Å²) in [5, 5.41) is 3.02. The summed E-state index contributed by atoms with van der Waals surface area (Å²) in [6.07, 6.45) is 5.00. The fourth-order valence-electron chi connectivity index (χ4n) is 2.74. The molecule has 110 valence electrons. The standard InChI is InChI=1S/C13H25N3O2S/c1-11(10-14-12-2-3-12)19(17,18)16-8-6-15(7-9-16)13-4-5-13/h11-14H,2-10H2,1H3. The topological polar surface area (TPSA) is 52.7 Å². The molecule has 1 N–H and O–H groups in total. The van der Waals surface area contributed by atoms with E-state index in [-0.39, 0.29) is 5.25 Å². The Labute approximate surface area is 116 Å². The smallest absolute Gasteiger partial charge is 0.218 e. The van der Waals surface area contributed by atoms with Crippen molar-refractivity contribution in [1.29, 1.82) is 0 Å². The summed E-state index contributed by atoms with van der Waals surface area (Å²) in [7, 11) is -3.11. The lowest BCUT2D eigenvalue weighted by atomic mass is 10.3. The van der Waals surface area contributed by atoms with E-state index in [9.17, 15) is 8.42 Å². The van der Waals surface area contributed by atoms with Gasteiger partial charge in [-0.25, -0.2) is 8.42 Å². The molecule has 1 aliphatic heterocycles. The number of nitrogens with zero attached hydrogens (tertiary/aromatic N) is 2. The third kappa shape index (κ3) is 3.29. The molecule has 5 nitrogen and oxygen atoms in total. The van der Waals surface area contributed by atoms with Crippen LogP contribution in [0.4, 0.5) is 0 Å². The average Bonchev–Trinajstić information content (AvgIpc) is 3.29. The SMILES string of the molecule is CC(CNC1CC1)S(=O)(=O)N1CCN(C2CC2)CC1. The minimum Gasteiger partial charge on any atom is -0.313 e. The van der Waals surface area contributed by atoms with Crippen LogP contribution in [0.5, 0.6) is 0 Å². The second kappa shape index (κ2) is 5.31. The van der Waals surface area contributed by atoms with Crippen LogP contribution >= 0.6 is 0 Å². The first-order valence-corrected chi connectivity index (χ1v) is 9.04. The van der Waals surface area contributed by atoms with Crippen LogP contribution in [0.1, 0.15) is 32.6 Å². The molecule has 0 bridgehead atoms. The van der Waals surface area contributed by atoms with Gasteiger partial charge in [0.1, 0.15) is 0 Å². The molecular weight excluding hydrogens is 262 g/mol. The maximum absolute atomic E-state index is 12.5. The molecule has 1 atom stereocenters. The van der Waals surface area contributed by atoms with E-state index in [1.165, 1.54) is 25.7 Å². The van der Waals surface area contributed by atoms with Gasteiger partial charge in [0.15, 0.2) is 0 Å². The molecule has 0 radical (unpaired) electrons. The van der Waals surface area contributed by atoms with Gasteiger partial charge in [-0.05, 0) is 32.6 Å². The summed E-state index contributed by atoms with van der Waals surface area (Å²) in [6.45, 7) is 5.59. The van der Waals surface area contributed by atoms with Crippen molar-refractivity contribution >= 4 is 10.0 Å². The lowest BCUT2D eigenvalue weighted by molar-refractivity contribution is 0.180. The molecule has 0 aromatic heterocycles. The van der Waals surface area contributed by atoms with Crippen molar-refractivity contribution in [3.8, 4) is 0 Å². The fourth-order valence-corrected chi connectivity index (χ4v) is 4.23. The highest BCUT2D eigenvalue weighted by molar-refractivity contribution is 7.89. The zero-order valence-electron chi connectivity index (χ0n) is 11.7. The average molecular weight is 287 g/mol. The van der Waals surface area contributed by atoms with Crippen LogP contribution in [0, 0.1) is 0 Å². The Kier molecular flexibility index (Phi) is 3.86. The number of hydrogen-bond acceptors (Lipinski definition) is 4. The van der Waals surface area contributed by atoms with E-state index in [4.69, 9.17) is 0 Å². The van der Waals surface area contributed by atoms with Gasteiger partial charge in [0, 0.05) is 44.8 Å². The number of nitrogens with one attached hydrogen (secondary N) is 1. The Hall–Kier alpha value is -0.170. The molecule has 0 amide bonds. The third-order valence-corrected chi connectivity index (χ3v) is 6.74. The Morgan fingerprint density at radius 3 is 2.26 bits per heavy atom. The van der Waals surface area contributed by atoms with Gasteiger partial charge < -0.3 is 5.32 Å². The molecule has 1 saturated heterocycles. The van der Waals surface area contributed by atoms with E-state index in [2.05, 4.69) is 10.2 Å². The van der Waals surface area contributed by atoms with Crippen LogP contribution in [0.15, 0.2) is 0 Å². The second-order valence-electron chi connectivity index (χ2n) is 6.20. The summed E-state index contributed by atoms with van der Waals surface area (Å²) in [6, 6.07) is 1.32. The van der Waals surface area contributed by atoms with Crippen molar-refractivity contribution < 1.29 is 8.42 Å². The molecule has 19 heavy (non-hydrogen) atoms. The van der Waals surface area contributed by atoms with Crippen LogP contribution in [0.25, 0.3) is 0 Å². The van der Waals surface area contributed by atoms with Crippen LogP contribution in [0.3, 0.4) is 0 Å². The summed E-state index contributed by atoms with van der Waals surface area (Å²) < 4.78 is 26.7. The van der Waals surface area contributed by atoms with Crippen molar-refractivity contribution in [2.45, 2.75) is 49.9 Å². The van der Waals surface area contributed by atoms with Crippen molar-refractivity contribution in [2.24, 2.45) is 0 Å². The molecule has 0 aromatic rings. The maximum atomic E-state index is 12.5. The van der Waals surface area contributed by atoms with Gasteiger partial charge in [0.25, 0.3) is 0 Å². The number of hydrogen-bond donors (Lipinski definition) is 1. The molecule has 6 heteroatoms. The van der Waals surface area contributed by atoms with Gasteiger partial charge >= 0.3 is 0 Å². The van der Waals surface area contributed by atoms with Gasteiger partial charge in [-0.3, -0.25) is 4.90 Å². The summed E-state index contributed by atoms with van der Waals surface area (Å²) in [5.41, 5.74) is 0. The van der Waals surface area contributed by atoms with Crippen LogP contribution < -0.4 is 5.32 Å². The van der Waals surface area contributed by atoms with E-state index in [0.29, 0.717) is 25.7 Å². The molecule has 3 aliphatic rings. The molecule has 2 aliphatic carbocycles. The lowest BCUT2D eigenvalue weighted by Crippen LogP contribution is -2.52. The summed E-state index contributed by atoms with van der Waals surface area (Å²) >= 11 is 0. The number of rotatable bonds is 6. The van der Waals surface area contributed by atoms with Gasteiger partial charge in [-0.1, -0.05) is 0 Å². The first kappa shape index (κ1) is 13.8. The van der Waals surface area contributed by atoms with Crippen LogP contribution in [-0.4, -0.2) is 67.7 Å². The highest BCUT2D eigenvalue weighted by Gasteiger charge is 2.36. The zero-order chi connectivity index (χ0) is 13.5.